The van der Waals surface area contributed by atoms with Crippen molar-refractivity contribution >= 4 is 11.6 Å². The van der Waals surface area contributed by atoms with Crippen molar-refractivity contribution in [3.8, 4) is 11.5 Å². The Labute approximate surface area is 116 Å². The number of nitrogens with one attached hydrogen (secondary N) is 1. The van der Waals surface area contributed by atoms with Gasteiger partial charge in [0.1, 0.15) is 11.5 Å². The summed E-state index contributed by atoms with van der Waals surface area (Å²) in [6, 6.07) is 2.39. The average molecular weight is 276 g/mol. The predicted octanol–water partition coefficient (Wildman–Crippen LogP) is 0.512. The van der Waals surface area contributed by atoms with Crippen LogP contribution in [0.25, 0.3) is 0 Å². The minimum atomic E-state index is -0.500. The molecule has 6 nitrogen and oxygen atoms in total. The van der Waals surface area contributed by atoms with Gasteiger partial charge >= 0.3 is 0 Å². The molecule has 0 amide bonds. The summed E-state index contributed by atoms with van der Waals surface area (Å²) in [5.41, 5.74) is -0.164. The van der Waals surface area contributed by atoms with Gasteiger partial charge in [-0.15, -0.1) is 0 Å². The number of benzene rings is 1. The van der Waals surface area contributed by atoms with Crippen molar-refractivity contribution in [1.82, 2.24) is 10.2 Å². The summed E-state index contributed by atoms with van der Waals surface area (Å²) in [5, 5.41) is 22.3. The lowest BCUT2D eigenvalue weighted by molar-refractivity contribution is 0.0973. The Balaban J connectivity index is 2.31. The highest BCUT2D eigenvalue weighted by molar-refractivity contribution is 6.26. The number of phenolic OH excluding ortho intramolecular Hbond substituents is 2. The number of carbonyl (C=O) groups is 2. The fourth-order valence-corrected chi connectivity index (χ4v) is 2.01. The second-order valence-electron chi connectivity index (χ2n) is 4.84. The number of ketones is 2. The maximum Gasteiger partial charge on any atom is 0.213 e. The molecule has 6 heteroatoms. The SMILES string of the molecule is CN(C)CCNC1=CC(=O)c2c(O)ccc(O)c2C1=O. The number of allylic oxidation sites excluding steroid dienone is 2. The van der Waals surface area contributed by atoms with Gasteiger partial charge in [-0.25, -0.2) is 0 Å². The van der Waals surface area contributed by atoms with E-state index in [4.69, 9.17) is 0 Å². The minimum absolute atomic E-state index is 0.130. The molecule has 0 atom stereocenters. The third-order valence-corrected chi connectivity index (χ3v) is 3.03. The van der Waals surface area contributed by atoms with E-state index in [1.807, 2.05) is 19.0 Å². The van der Waals surface area contributed by atoms with Crippen LogP contribution in [0.15, 0.2) is 23.9 Å². The molecule has 0 aliphatic heterocycles. The van der Waals surface area contributed by atoms with E-state index in [1.54, 1.807) is 0 Å². The van der Waals surface area contributed by atoms with Gasteiger partial charge in [-0.05, 0) is 26.2 Å². The molecule has 1 aromatic carbocycles. The minimum Gasteiger partial charge on any atom is -0.507 e. The Morgan fingerprint density at radius 1 is 1.10 bits per heavy atom. The third-order valence-electron chi connectivity index (χ3n) is 3.03. The van der Waals surface area contributed by atoms with Gasteiger partial charge in [0.15, 0.2) is 5.78 Å². The molecule has 0 heterocycles. The van der Waals surface area contributed by atoms with E-state index in [0.29, 0.717) is 13.1 Å². The van der Waals surface area contributed by atoms with Gasteiger partial charge in [0.2, 0.25) is 5.78 Å². The van der Waals surface area contributed by atoms with Gasteiger partial charge in [-0.3, -0.25) is 9.59 Å². The van der Waals surface area contributed by atoms with Crippen molar-refractivity contribution in [1.29, 1.82) is 0 Å². The Morgan fingerprint density at radius 2 is 1.70 bits per heavy atom. The molecule has 0 bridgehead atoms. The fraction of sp³-hybridized carbons (Fsp3) is 0.286. The molecule has 0 saturated carbocycles. The Hall–Kier alpha value is -2.34. The van der Waals surface area contributed by atoms with Crippen LogP contribution >= 0.6 is 0 Å². The van der Waals surface area contributed by atoms with E-state index >= 15 is 0 Å². The topological polar surface area (TPSA) is 89.9 Å². The molecule has 106 valence electrons. The first-order valence-electron chi connectivity index (χ1n) is 6.16. The van der Waals surface area contributed by atoms with Crippen LogP contribution in [-0.4, -0.2) is 53.9 Å². The summed E-state index contributed by atoms with van der Waals surface area (Å²) >= 11 is 0. The number of carbonyl (C=O) groups excluding carboxylic acids is 2. The van der Waals surface area contributed by atoms with Gasteiger partial charge in [0.25, 0.3) is 0 Å². The number of fused-ring (bicyclic) bond motifs is 1. The van der Waals surface area contributed by atoms with Crippen LogP contribution in [0.5, 0.6) is 11.5 Å². The Bertz CT molecular complexity index is 605. The summed E-state index contributed by atoms with van der Waals surface area (Å²) in [4.78, 5) is 26.1. The maximum atomic E-state index is 12.2. The highest BCUT2D eigenvalue weighted by Gasteiger charge is 2.30. The normalized spacial score (nSPS) is 14.2. The first kappa shape index (κ1) is 14.1. The van der Waals surface area contributed by atoms with Crippen molar-refractivity contribution in [3.63, 3.8) is 0 Å². The van der Waals surface area contributed by atoms with Crippen molar-refractivity contribution in [3.05, 3.63) is 35.0 Å². The molecule has 1 aliphatic carbocycles. The van der Waals surface area contributed by atoms with Crippen LogP contribution in [0.3, 0.4) is 0 Å². The first-order chi connectivity index (χ1) is 9.41. The molecule has 0 spiro atoms. The standard InChI is InChI=1S/C14H16N2O4/c1-16(2)6-5-15-8-7-11(19)12-9(17)3-4-10(18)13(12)14(8)20/h3-4,7,15,17-18H,5-6H2,1-2H3. The van der Waals surface area contributed by atoms with Crippen molar-refractivity contribution < 1.29 is 19.8 Å². The molecular weight excluding hydrogens is 260 g/mol. The first-order valence-corrected chi connectivity index (χ1v) is 6.16. The summed E-state index contributed by atoms with van der Waals surface area (Å²) < 4.78 is 0. The zero-order chi connectivity index (χ0) is 14.9. The summed E-state index contributed by atoms with van der Waals surface area (Å²) in [6.07, 6.45) is 1.15. The molecule has 20 heavy (non-hydrogen) atoms. The van der Waals surface area contributed by atoms with Crippen LogP contribution in [-0.2, 0) is 0 Å². The Morgan fingerprint density at radius 3 is 2.30 bits per heavy atom. The second kappa shape index (κ2) is 5.34. The highest BCUT2D eigenvalue weighted by Crippen LogP contribution is 2.33. The summed E-state index contributed by atoms with van der Waals surface area (Å²) in [7, 11) is 3.78. The fourth-order valence-electron chi connectivity index (χ4n) is 2.01. The van der Waals surface area contributed by atoms with Crippen LogP contribution in [0.2, 0.25) is 0 Å². The summed E-state index contributed by atoms with van der Waals surface area (Å²) in [6.45, 7) is 1.18. The van der Waals surface area contributed by atoms with Crippen LogP contribution in [0.4, 0.5) is 0 Å². The van der Waals surface area contributed by atoms with E-state index < -0.39 is 11.6 Å². The van der Waals surface area contributed by atoms with E-state index in [2.05, 4.69) is 5.32 Å². The van der Waals surface area contributed by atoms with E-state index in [9.17, 15) is 19.8 Å². The van der Waals surface area contributed by atoms with Crippen LogP contribution < -0.4 is 5.32 Å². The monoisotopic (exact) mass is 276 g/mol. The third kappa shape index (κ3) is 2.50. The second-order valence-corrected chi connectivity index (χ2v) is 4.84. The van der Waals surface area contributed by atoms with Gasteiger partial charge in [0.05, 0.1) is 16.8 Å². The lowest BCUT2D eigenvalue weighted by Crippen LogP contribution is -2.32. The number of likely N-dealkylation sites (N-methyl/N-ethyl adjacent to an activating group) is 1. The van der Waals surface area contributed by atoms with Crippen molar-refractivity contribution in [2.24, 2.45) is 0 Å². The van der Waals surface area contributed by atoms with E-state index in [0.717, 1.165) is 6.08 Å². The van der Waals surface area contributed by atoms with Gasteiger partial charge in [-0.2, -0.15) is 0 Å². The highest BCUT2D eigenvalue weighted by atomic mass is 16.3. The molecule has 2 rings (SSSR count). The van der Waals surface area contributed by atoms with E-state index in [-0.39, 0.29) is 28.3 Å². The number of phenols is 2. The zero-order valence-corrected chi connectivity index (χ0v) is 11.3. The molecule has 0 fully saturated rings. The van der Waals surface area contributed by atoms with Gasteiger partial charge < -0.3 is 20.4 Å². The quantitative estimate of drug-likeness (QED) is 0.694. The molecule has 1 aliphatic rings. The average Bonchev–Trinajstić information content (AvgIpc) is 2.37. The summed E-state index contributed by atoms with van der Waals surface area (Å²) in [5.74, 6) is -1.61. The largest absolute Gasteiger partial charge is 0.507 e. The molecular formula is C14H16N2O4. The predicted molar refractivity (Wildman–Crippen MR) is 73.1 cm³/mol. The molecule has 0 radical (unpaired) electrons. The number of hydrogen-bond donors (Lipinski definition) is 3. The maximum absolute atomic E-state index is 12.2. The number of hydrogen-bond acceptors (Lipinski definition) is 6. The lowest BCUT2D eigenvalue weighted by atomic mass is 9.91. The number of Topliss-reactive ketones (excluding diaryl/α,β-unsaturated/α-hetero) is 1. The lowest BCUT2D eigenvalue weighted by Gasteiger charge is -2.19. The van der Waals surface area contributed by atoms with Crippen molar-refractivity contribution in [2.75, 3.05) is 27.2 Å². The smallest absolute Gasteiger partial charge is 0.213 e. The van der Waals surface area contributed by atoms with Crippen molar-refractivity contribution in [2.45, 2.75) is 0 Å². The van der Waals surface area contributed by atoms with Gasteiger partial charge in [-0.1, -0.05) is 0 Å². The Kier molecular flexibility index (Phi) is 3.76. The molecule has 0 saturated heterocycles. The van der Waals surface area contributed by atoms with E-state index in [1.165, 1.54) is 12.1 Å². The number of rotatable bonds is 4. The molecule has 0 aromatic heterocycles. The zero-order valence-electron chi connectivity index (χ0n) is 11.3. The number of aromatic hydroxyl groups is 2. The van der Waals surface area contributed by atoms with Gasteiger partial charge in [0, 0.05) is 19.2 Å². The number of nitrogens with zero attached hydrogens (tertiary/aromatic N) is 1. The van der Waals surface area contributed by atoms with Crippen LogP contribution in [0.1, 0.15) is 20.7 Å². The molecule has 3 N–H and O–H groups in total. The van der Waals surface area contributed by atoms with Crippen LogP contribution in [0, 0.1) is 0 Å². The molecule has 0 unspecified atom stereocenters. The molecule has 1 aromatic rings.